The van der Waals surface area contributed by atoms with Gasteiger partial charge in [-0.2, -0.15) is 8.42 Å². The van der Waals surface area contributed by atoms with E-state index < -0.39 is 21.0 Å². The predicted molar refractivity (Wildman–Crippen MR) is 55.1 cm³/mol. The Balaban J connectivity index is 2.87. The lowest BCUT2D eigenvalue weighted by Crippen LogP contribution is -2.03. The first-order valence-electron chi connectivity index (χ1n) is 4.21. The van der Waals surface area contributed by atoms with Crippen molar-refractivity contribution in [2.45, 2.75) is 4.90 Å². The fourth-order valence-electron chi connectivity index (χ4n) is 1.46. The molecule has 7 heteroatoms. The summed E-state index contributed by atoms with van der Waals surface area (Å²) < 4.78 is 30.7. The summed E-state index contributed by atoms with van der Waals surface area (Å²) in [5.41, 5.74) is 0.120. The maximum atomic E-state index is 10.9. The number of carboxylic acid groups (broad SMARTS) is 1. The van der Waals surface area contributed by atoms with Gasteiger partial charge in [-0.15, -0.1) is 0 Å². The number of aromatic amines is 1. The van der Waals surface area contributed by atoms with Crippen molar-refractivity contribution < 1.29 is 22.9 Å². The van der Waals surface area contributed by atoms with Gasteiger partial charge in [0.15, 0.2) is 0 Å². The van der Waals surface area contributed by atoms with Gasteiger partial charge in [-0.25, -0.2) is 4.79 Å². The molecule has 2 aromatic rings. The van der Waals surface area contributed by atoms with Crippen LogP contribution in [0, 0.1) is 0 Å². The van der Waals surface area contributed by atoms with Gasteiger partial charge >= 0.3 is 5.97 Å². The molecule has 0 radical (unpaired) electrons. The van der Waals surface area contributed by atoms with Crippen molar-refractivity contribution in [3.63, 3.8) is 0 Å². The van der Waals surface area contributed by atoms with Gasteiger partial charge in [0.2, 0.25) is 0 Å². The normalized spacial score (nSPS) is 11.8. The number of carboxylic acids is 1. The number of benzene rings is 1. The van der Waals surface area contributed by atoms with Crippen LogP contribution in [0.4, 0.5) is 0 Å². The van der Waals surface area contributed by atoms with E-state index in [1.54, 1.807) is 0 Å². The lowest BCUT2D eigenvalue weighted by molar-refractivity contribution is 0.0698. The molecule has 3 N–H and O–H groups in total. The van der Waals surface area contributed by atoms with Crippen molar-refractivity contribution in [3.05, 3.63) is 30.0 Å². The van der Waals surface area contributed by atoms with E-state index >= 15 is 0 Å². The van der Waals surface area contributed by atoms with Crippen LogP contribution >= 0.6 is 0 Å². The molecule has 0 aliphatic heterocycles. The fourth-order valence-corrected chi connectivity index (χ4v) is 2.00. The van der Waals surface area contributed by atoms with E-state index in [1.807, 2.05) is 0 Å². The van der Waals surface area contributed by atoms with Crippen LogP contribution in [0.5, 0.6) is 0 Å². The van der Waals surface area contributed by atoms with Crippen LogP contribution in [-0.4, -0.2) is 29.0 Å². The lowest BCUT2D eigenvalue weighted by atomic mass is 10.1. The van der Waals surface area contributed by atoms with Crippen LogP contribution < -0.4 is 0 Å². The second-order valence-corrected chi connectivity index (χ2v) is 4.61. The summed E-state index contributed by atoms with van der Waals surface area (Å²) in [6.07, 6.45) is 1.49. The quantitative estimate of drug-likeness (QED) is 0.682. The zero-order chi connectivity index (χ0) is 11.9. The number of nitrogens with one attached hydrogen (secondary N) is 1. The fraction of sp³-hybridized carbons (Fsp3) is 0. The molecule has 2 rings (SSSR count). The van der Waals surface area contributed by atoms with Gasteiger partial charge in [0, 0.05) is 11.6 Å². The van der Waals surface area contributed by atoms with Gasteiger partial charge in [-0.3, -0.25) is 4.55 Å². The first-order valence-corrected chi connectivity index (χ1v) is 5.65. The summed E-state index contributed by atoms with van der Waals surface area (Å²) in [7, 11) is -4.41. The van der Waals surface area contributed by atoms with E-state index in [0.29, 0.717) is 10.9 Å². The molecule has 0 unspecified atom stereocenters. The number of hydrogen-bond acceptors (Lipinski definition) is 3. The molecule has 1 heterocycles. The number of rotatable bonds is 2. The second kappa shape index (κ2) is 3.32. The zero-order valence-corrected chi connectivity index (χ0v) is 8.65. The number of carbonyl (C=O) groups is 1. The molecule has 84 valence electrons. The van der Waals surface area contributed by atoms with Crippen molar-refractivity contribution in [2.24, 2.45) is 0 Å². The third kappa shape index (κ3) is 1.66. The van der Waals surface area contributed by atoms with Gasteiger partial charge in [-0.1, -0.05) is 0 Å². The molecular weight excluding hydrogens is 234 g/mol. The van der Waals surface area contributed by atoms with Gasteiger partial charge < -0.3 is 10.1 Å². The molecule has 0 bridgehead atoms. The predicted octanol–water partition coefficient (Wildman–Crippen LogP) is 1.11. The van der Waals surface area contributed by atoms with Crippen LogP contribution in [0.1, 0.15) is 10.4 Å². The maximum Gasteiger partial charge on any atom is 0.337 e. The summed E-state index contributed by atoms with van der Waals surface area (Å²) in [4.78, 5) is 13.2. The number of aromatic nitrogens is 1. The molecule has 0 saturated heterocycles. The van der Waals surface area contributed by atoms with E-state index in [1.165, 1.54) is 18.3 Å². The average molecular weight is 241 g/mol. The lowest BCUT2D eigenvalue weighted by Gasteiger charge is -2.01. The first-order chi connectivity index (χ1) is 7.39. The summed E-state index contributed by atoms with van der Waals surface area (Å²) in [5, 5.41) is 9.30. The van der Waals surface area contributed by atoms with Crippen molar-refractivity contribution >= 4 is 27.0 Å². The highest BCUT2D eigenvalue weighted by molar-refractivity contribution is 7.85. The molecule has 6 nitrogen and oxygen atoms in total. The molecular formula is C9H7NO5S. The smallest absolute Gasteiger partial charge is 0.337 e. The third-order valence-electron chi connectivity index (χ3n) is 2.16. The Morgan fingerprint density at radius 3 is 2.56 bits per heavy atom. The van der Waals surface area contributed by atoms with Crippen LogP contribution in [0.15, 0.2) is 29.3 Å². The number of fused-ring (bicyclic) bond motifs is 1. The molecule has 0 saturated carbocycles. The van der Waals surface area contributed by atoms with Crippen molar-refractivity contribution in [1.29, 1.82) is 0 Å². The molecule has 0 aliphatic rings. The molecule has 0 fully saturated rings. The largest absolute Gasteiger partial charge is 0.478 e. The summed E-state index contributed by atoms with van der Waals surface area (Å²) in [6, 6.07) is 3.64. The minimum atomic E-state index is -4.41. The topological polar surface area (TPSA) is 107 Å². The summed E-state index contributed by atoms with van der Waals surface area (Å²) in [6.45, 7) is 0. The number of hydrogen-bond donors (Lipinski definition) is 3. The molecule has 0 atom stereocenters. The second-order valence-electron chi connectivity index (χ2n) is 3.19. The molecule has 16 heavy (non-hydrogen) atoms. The Bertz CT molecular complexity index is 670. The van der Waals surface area contributed by atoms with Crippen LogP contribution in [0.25, 0.3) is 10.9 Å². The van der Waals surface area contributed by atoms with Crippen LogP contribution in [0.2, 0.25) is 0 Å². The number of aromatic carboxylic acids is 1. The molecule has 0 spiro atoms. The highest BCUT2D eigenvalue weighted by Crippen LogP contribution is 2.22. The van der Waals surface area contributed by atoms with Gasteiger partial charge in [-0.05, 0) is 18.2 Å². The molecule has 1 aromatic carbocycles. The van der Waals surface area contributed by atoms with Crippen molar-refractivity contribution in [2.75, 3.05) is 0 Å². The van der Waals surface area contributed by atoms with E-state index in [2.05, 4.69) is 4.98 Å². The molecule has 0 aliphatic carbocycles. The van der Waals surface area contributed by atoms with Gasteiger partial charge in [0.25, 0.3) is 10.1 Å². The van der Waals surface area contributed by atoms with Crippen molar-refractivity contribution in [1.82, 2.24) is 4.98 Å². The third-order valence-corrected chi connectivity index (χ3v) is 2.99. The molecule has 0 amide bonds. The standard InChI is InChI=1S/C9H7NO5S/c11-9(12)7-4-6(16(13,14)15)3-5-1-2-10-8(5)7/h1-4,10H,(H,11,12)(H,13,14,15). The SMILES string of the molecule is O=C(O)c1cc(S(=O)(=O)O)cc2cc[nH]c12. The Hall–Kier alpha value is -1.86. The van der Waals surface area contributed by atoms with Gasteiger partial charge in [0.05, 0.1) is 16.0 Å². The highest BCUT2D eigenvalue weighted by atomic mass is 32.2. The minimum Gasteiger partial charge on any atom is -0.478 e. The van der Waals surface area contributed by atoms with E-state index in [0.717, 1.165) is 6.07 Å². The minimum absolute atomic E-state index is 0.199. The zero-order valence-electron chi connectivity index (χ0n) is 7.84. The van der Waals surface area contributed by atoms with Crippen LogP contribution in [0.3, 0.4) is 0 Å². The summed E-state index contributed by atoms with van der Waals surface area (Å²) >= 11 is 0. The Morgan fingerprint density at radius 2 is 2.00 bits per heavy atom. The van der Waals surface area contributed by atoms with E-state index in [9.17, 15) is 13.2 Å². The number of H-pyrrole nitrogens is 1. The Morgan fingerprint density at radius 1 is 1.31 bits per heavy atom. The average Bonchev–Trinajstić information content (AvgIpc) is 2.61. The van der Waals surface area contributed by atoms with Crippen molar-refractivity contribution in [3.8, 4) is 0 Å². The van der Waals surface area contributed by atoms with E-state index in [4.69, 9.17) is 9.66 Å². The molecule has 1 aromatic heterocycles. The Labute approximate surface area is 90.3 Å². The summed E-state index contributed by atoms with van der Waals surface area (Å²) in [5.74, 6) is -1.27. The Kier molecular flexibility index (Phi) is 2.21. The monoisotopic (exact) mass is 241 g/mol. The first kappa shape index (κ1) is 10.7. The van der Waals surface area contributed by atoms with Gasteiger partial charge in [0.1, 0.15) is 0 Å². The van der Waals surface area contributed by atoms with Crippen LogP contribution in [-0.2, 0) is 10.1 Å². The van der Waals surface area contributed by atoms with E-state index in [-0.39, 0.29) is 5.56 Å². The maximum absolute atomic E-state index is 10.9. The highest BCUT2D eigenvalue weighted by Gasteiger charge is 2.17.